The first-order chi connectivity index (χ1) is 18.6. The third kappa shape index (κ3) is 4.30. The van der Waals surface area contributed by atoms with Crippen molar-refractivity contribution in [2.75, 3.05) is 0 Å². The van der Waals surface area contributed by atoms with Crippen LogP contribution in [-0.2, 0) is 5.41 Å². The van der Waals surface area contributed by atoms with E-state index < -0.39 is 17.3 Å². The molecule has 6 rings (SSSR count). The minimum Gasteiger partial charge on any atom is -0.240 e. The van der Waals surface area contributed by atoms with Gasteiger partial charge >= 0.3 is 0 Å². The molecular formula is C29H18N6S3. The zero-order chi connectivity index (χ0) is 26.1. The van der Waals surface area contributed by atoms with Gasteiger partial charge in [0.2, 0.25) is 0 Å². The summed E-state index contributed by atoms with van der Waals surface area (Å²) in [4.78, 5) is 14.3. The second-order valence-electron chi connectivity index (χ2n) is 8.99. The van der Waals surface area contributed by atoms with Gasteiger partial charge in [0, 0.05) is 0 Å². The molecule has 0 amide bonds. The molecule has 3 heterocycles. The lowest BCUT2D eigenvalue weighted by Gasteiger charge is -2.27. The first-order valence-corrected chi connectivity index (χ1v) is 14.3. The molecule has 0 radical (unpaired) electrons. The van der Waals surface area contributed by atoms with Crippen molar-refractivity contribution >= 4 is 64.7 Å². The number of nitriles is 3. The average molecular weight is 547 g/mol. The standard InChI is InChI=1S/C29H18N6S3/c30-15-18(26-33-20-7-1-4-10-23(20)36-26)13-29(17-32,28-35-22-9-3-6-12-25(22)38-28)14-19(16-31)27-34-21-8-2-5-11-24(21)37-27/h1-12,18-19H,13-14H2. The highest BCUT2D eigenvalue weighted by atomic mass is 32.1. The van der Waals surface area contributed by atoms with E-state index in [0.29, 0.717) is 15.0 Å². The van der Waals surface area contributed by atoms with Crippen LogP contribution in [0, 0.1) is 34.0 Å². The van der Waals surface area contributed by atoms with Crippen molar-refractivity contribution < 1.29 is 0 Å². The monoisotopic (exact) mass is 546 g/mol. The average Bonchev–Trinajstić information content (AvgIpc) is 3.70. The van der Waals surface area contributed by atoms with E-state index in [2.05, 4.69) is 18.2 Å². The van der Waals surface area contributed by atoms with Crippen LogP contribution >= 0.6 is 34.0 Å². The molecule has 0 spiro atoms. The molecule has 2 atom stereocenters. The minimum atomic E-state index is -1.18. The molecule has 0 aliphatic rings. The Labute approximate surface area is 230 Å². The summed E-state index contributed by atoms with van der Waals surface area (Å²) in [6.45, 7) is 0. The Morgan fingerprint density at radius 3 is 1.42 bits per heavy atom. The SMILES string of the molecule is N#CC(CC(C#N)(CC(C#N)c1nc2ccccc2s1)c1nc2ccccc2s1)c1nc2ccccc2s1. The topological polar surface area (TPSA) is 110 Å². The second kappa shape index (κ2) is 9.93. The molecule has 0 aliphatic carbocycles. The highest BCUT2D eigenvalue weighted by Crippen LogP contribution is 2.46. The molecule has 2 unspecified atom stereocenters. The van der Waals surface area contributed by atoms with Gasteiger partial charge in [-0.15, -0.1) is 34.0 Å². The Balaban J connectivity index is 1.45. The number of benzene rings is 3. The van der Waals surface area contributed by atoms with Crippen LogP contribution in [0.2, 0.25) is 0 Å². The van der Waals surface area contributed by atoms with Gasteiger partial charge in [0.1, 0.15) is 32.3 Å². The van der Waals surface area contributed by atoms with Crippen LogP contribution in [0.3, 0.4) is 0 Å². The van der Waals surface area contributed by atoms with Gasteiger partial charge in [0.15, 0.2) is 0 Å². The largest absolute Gasteiger partial charge is 0.240 e. The number of thiazole rings is 3. The summed E-state index contributed by atoms with van der Waals surface area (Å²) in [5.41, 5.74) is 1.29. The Hall–Kier alpha value is -4.20. The van der Waals surface area contributed by atoms with Crippen LogP contribution in [0.15, 0.2) is 72.8 Å². The van der Waals surface area contributed by atoms with Crippen LogP contribution in [0.4, 0.5) is 0 Å². The molecule has 6 nitrogen and oxygen atoms in total. The number of nitrogens with zero attached hydrogens (tertiary/aromatic N) is 6. The third-order valence-electron chi connectivity index (χ3n) is 6.55. The lowest BCUT2D eigenvalue weighted by Crippen LogP contribution is -2.29. The number of hydrogen-bond donors (Lipinski definition) is 0. The Morgan fingerprint density at radius 2 is 1.03 bits per heavy atom. The molecule has 0 aliphatic heterocycles. The molecule has 38 heavy (non-hydrogen) atoms. The first kappa shape index (κ1) is 24.2. The fourth-order valence-electron chi connectivity index (χ4n) is 4.63. The summed E-state index contributed by atoms with van der Waals surface area (Å²) in [6.07, 6.45) is 0.367. The van der Waals surface area contributed by atoms with E-state index in [9.17, 15) is 15.8 Å². The van der Waals surface area contributed by atoms with Gasteiger partial charge < -0.3 is 0 Å². The Morgan fingerprint density at radius 1 is 0.605 bits per heavy atom. The van der Waals surface area contributed by atoms with Crippen molar-refractivity contribution in [3.63, 3.8) is 0 Å². The molecule has 0 saturated carbocycles. The molecular weight excluding hydrogens is 529 g/mol. The van der Waals surface area contributed by atoms with Crippen LogP contribution in [0.1, 0.15) is 39.7 Å². The zero-order valence-electron chi connectivity index (χ0n) is 19.9. The summed E-state index contributed by atoms with van der Waals surface area (Å²) < 4.78 is 2.95. The van der Waals surface area contributed by atoms with E-state index in [1.54, 1.807) is 0 Å². The maximum Gasteiger partial charge on any atom is 0.114 e. The van der Waals surface area contributed by atoms with Crippen molar-refractivity contribution in [3.8, 4) is 18.2 Å². The summed E-state index contributed by atoms with van der Waals surface area (Å²) >= 11 is 4.39. The minimum absolute atomic E-state index is 0.183. The molecule has 0 bridgehead atoms. The van der Waals surface area contributed by atoms with Gasteiger partial charge in [-0.2, -0.15) is 15.8 Å². The van der Waals surface area contributed by atoms with Gasteiger partial charge in [0.25, 0.3) is 0 Å². The molecule has 0 N–H and O–H groups in total. The maximum atomic E-state index is 10.8. The van der Waals surface area contributed by atoms with Crippen LogP contribution in [-0.4, -0.2) is 15.0 Å². The van der Waals surface area contributed by atoms with Crippen LogP contribution in [0.25, 0.3) is 30.6 Å². The number of aromatic nitrogens is 3. The lowest BCUT2D eigenvalue weighted by atomic mass is 9.75. The van der Waals surface area contributed by atoms with Gasteiger partial charge in [-0.3, -0.25) is 0 Å². The van der Waals surface area contributed by atoms with Gasteiger partial charge in [-0.25, -0.2) is 15.0 Å². The molecule has 182 valence electrons. The predicted octanol–water partition coefficient (Wildman–Crippen LogP) is 7.67. The van der Waals surface area contributed by atoms with Gasteiger partial charge in [0.05, 0.1) is 48.9 Å². The Kier molecular flexibility index (Phi) is 6.31. The van der Waals surface area contributed by atoms with E-state index in [-0.39, 0.29) is 12.8 Å². The van der Waals surface area contributed by atoms with Gasteiger partial charge in [-0.05, 0) is 49.2 Å². The quantitative estimate of drug-likeness (QED) is 0.203. The highest BCUT2D eigenvalue weighted by molar-refractivity contribution is 7.19. The summed E-state index contributed by atoms with van der Waals surface area (Å²) in [7, 11) is 0. The first-order valence-electron chi connectivity index (χ1n) is 11.9. The van der Waals surface area contributed by atoms with Crippen LogP contribution in [0.5, 0.6) is 0 Å². The summed E-state index contributed by atoms with van der Waals surface area (Å²) in [5.74, 6) is -1.26. The third-order valence-corrected chi connectivity index (χ3v) is 10.1. The predicted molar refractivity (Wildman–Crippen MR) is 152 cm³/mol. The van der Waals surface area contributed by atoms with Crippen molar-refractivity contribution in [1.29, 1.82) is 15.8 Å². The lowest BCUT2D eigenvalue weighted by molar-refractivity contribution is 0.430. The van der Waals surface area contributed by atoms with Crippen molar-refractivity contribution in [2.24, 2.45) is 0 Å². The van der Waals surface area contributed by atoms with Crippen molar-refractivity contribution in [3.05, 3.63) is 87.8 Å². The summed E-state index contributed by atoms with van der Waals surface area (Å²) in [6, 6.07) is 30.6. The van der Waals surface area contributed by atoms with Crippen molar-refractivity contribution in [1.82, 2.24) is 15.0 Å². The zero-order valence-corrected chi connectivity index (χ0v) is 22.4. The maximum absolute atomic E-state index is 10.8. The second-order valence-corrected chi connectivity index (χ2v) is 12.1. The smallest absolute Gasteiger partial charge is 0.114 e. The molecule has 3 aromatic heterocycles. The molecule has 6 aromatic rings. The van der Waals surface area contributed by atoms with E-state index in [4.69, 9.17) is 15.0 Å². The normalized spacial score (nSPS) is 14.4. The van der Waals surface area contributed by atoms with E-state index in [1.807, 2.05) is 72.8 Å². The fourth-order valence-corrected chi connectivity index (χ4v) is 7.78. The van der Waals surface area contributed by atoms with Crippen molar-refractivity contribution in [2.45, 2.75) is 30.1 Å². The number of rotatable bonds is 7. The molecule has 3 aromatic carbocycles. The highest BCUT2D eigenvalue weighted by Gasteiger charge is 2.43. The van der Waals surface area contributed by atoms with E-state index in [1.165, 1.54) is 34.0 Å². The molecule has 9 heteroatoms. The summed E-state index contributed by atoms with van der Waals surface area (Å²) in [5, 5.41) is 33.3. The van der Waals surface area contributed by atoms with Crippen LogP contribution < -0.4 is 0 Å². The Bertz CT molecular complexity index is 1720. The van der Waals surface area contributed by atoms with E-state index >= 15 is 0 Å². The number of fused-ring (bicyclic) bond motifs is 3. The molecule has 0 saturated heterocycles. The van der Waals surface area contributed by atoms with Gasteiger partial charge in [-0.1, -0.05) is 36.4 Å². The molecule has 0 fully saturated rings. The van der Waals surface area contributed by atoms with E-state index in [0.717, 1.165) is 30.6 Å². The number of hydrogen-bond acceptors (Lipinski definition) is 9. The fraction of sp³-hybridized carbons (Fsp3) is 0.172. The number of para-hydroxylation sites is 3.